The summed E-state index contributed by atoms with van der Waals surface area (Å²) in [7, 11) is -3.09. The number of nitro groups is 1. The van der Waals surface area contributed by atoms with Gasteiger partial charge in [0.25, 0.3) is 11.6 Å². The molecule has 7 nitrogen and oxygen atoms in total. The molecule has 2 aliphatic rings. The average Bonchev–Trinajstić information content (AvgIpc) is 3.23. The minimum atomic E-state index is -3.09. The first-order valence-corrected chi connectivity index (χ1v) is 8.97. The monoisotopic (exact) mass is 324 g/mol. The molecule has 0 aromatic heterocycles. The number of benzene rings is 1. The number of nitrogens with zero attached hydrogens (tertiary/aromatic N) is 2. The van der Waals surface area contributed by atoms with Crippen LogP contribution in [0, 0.1) is 10.1 Å². The summed E-state index contributed by atoms with van der Waals surface area (Å²) in [6.07, 6.45) is 2.16. The summed E-state index contributed by atoms with van der Waals surface area (Å²) in [5, 5.41) is 10.8. The molecule has 0 unspecified atom stereocenters. The summed E-state index contributed by atoms with van der Waals surface area (Å²) in [5.41, 5.74) is 0.103. The van der Waals surface area contributed by atoms with Crippen molar-refractivity contribution in [3.05, 3.63) is 39.9 Å². The van der Waals surface area contributed by atoms with Gasteiger partial charge < -0.3 is 4.90 Å². The number of hydrogen-bond donors (Lipinski definition) is 0. The lowest BCUT2D eigenvalue weighted by atomic mass is 10.1. The van der Waals surface area contributed by atoms with Gasteiger partial charge in [-0.15, -0.1) is 0 Å². The molecule has 0 bridgehead atoms. The van der Waals surface area contributed by atoms with E-state index in [1.807, 2.05) is 0 Å². The molecule has 0 radical (unpaired) electrons. The molecule has 8 heteroatoms. The zero-order valence-electron chi connectivity index (χ0n) is 11.8. The molecule has 1 amide bonds. The van der Waals surface area contributed by atoms with Gasteiger partial charge in [0.1, 0.15) is 0 Å². The molecule has 3 rings (SSSR count). The number of rotatable bonds is 4. The van der Waals surface area contributed by atoms with Gasteiger partial charge in [0.2, 0.25) is 0 Å². The van der Waals surface area contributed by atoms with Gasteiger partial charge in [-0.25, -0.2) is 8.42 Å². The van der Waals surface area contributed by atoms with Crippen LogP contribution in [0.3, 0.4) is 0 Å². The van der Waals surface area contributed by atoms with E-state index in [9.17, 15) is 23.3 Å². The van der Waals surface area contributed by atoms with E-state index in [1.165, 1.54) is 24.3 Å². The highest BCUT2D eigenvalue weighted by Gasteiger charge is 2.42. The number of carbonyl (C=O) groups is 1. The second-order valence-electron chi connectivity index (χ2n) is 5.81. The van der Waals surface area contributed by atoms with Crippen molar-refractivity contribution in [1.29, 1.82) is 0 Å². The summed E-state index contributed by atoms with van der Waals surface area (Å²) in [5.74, 6) is -0.221. The fraction of sp³-hybridized carbons (Fsp3) is 0.500. The lowest BCUT2D eigenvalue weighted by Gasteiger charge is -2.28. The Morgan fingerprint density at radius 1 is 1.23 bits per heavy atom. The van der Waals surface area contributed by atoms with Crippen molar-refractivity contribution in [2.24, 2.45) is 0 Å². The first-order chi connectivity index (χ1) is 10.4. The first kappa shape index (κ1) is 15.0. The van der Waals surface area contributed by atoms with Crippen LogP contribution in [-0.4, -0.2) is 47.7 Å². The summed E-state index contributed by atoms with van der Waals surface area (Å²) in [6.45, 7) is 0. The minimum Gasteiger partial charge on any atom is -0.332 e. The van der Waals surface area contributed by atoms with Crippen molar-refractivity contribution in [1.82, 2.24) is 4.90 Å². The number of non-ortho nitro benzene ring substituents is 1. The van der Waals surface area contributed by atoms with E-state index in [2.05, 4.69) is 0 Å². The molecule has 0 N–H and O–H groups in total. The van der Waals surface area contributed by atoms with Crippen LogP contribution in [0.5, 0.6) is 0 Å². The molecule has 1 heterocycles. The summed E-state index contributed by atoms with van der Waals surface area (Å²) in [4.78, 5) is 24.6. The highest BCUT2D eigenvalue weighted by Crippen LogP contribution is 2.33. The highest BCUT2D eigenvalue weighted by molar-refractivity contribution is 7.91. The Labute approximate surface area is 128 Å². The third-order valence-corrected chi connectivity index (χ3v) is 5.83. The van der Waals surface area contributed by atoms with Gasteiger partial charge >= 0.3 is 0 Å². The van der Waals surface area contributed by atoms with Crippen molar-refractivity contribution in [3.63, 3.8) is 0 Å². The molecule has 1 aliphatic carbocycles. The maximum Gasteiger partial charge on any atom is 0.270 e. The van der Waals surface area contributed by atoms with Gasteiger partial charge in [-0.05, 0) is 25.3 Å². The number of nitro benzene ring substituents is 1. The lowest BCUT2D eigenvalue weighted by Crippen LogP contribution is -2.42. The Hall–Kier alpha value is -1.96. The Bertz CT molecular complexity index is 727. The van der Waals surface area contributed by atoms with Crippen LogP contribution in [0.15, 0.2) is 24.3 Å². The maximum atomic E-state index is 12.7. The van der Waals surface area contributed by atoms with Gasteiger partial charge in [-0.1, -0.05) is 6.07 Å². The molecule has 1 aromatic rings. The molecule has 22 heavy (non-hydrogen) atoms. The zero-order chi connectivity index (χ0) is 15.9. The largest absolute Gasteiger partial charge is 0.332 e. The Morgan fingerprint density at radius 2 is 1.95 bits per heavy atom. The molecular formula is C14H16N2O5S. The van der Waals surface area contributed by atoms with Crippen molar-refractivity contribution < 1.29 is 18.1 Å². The molecule has 1 aromatic carbocycles. The molecule has 118 valence electrons. The fourth-order valence-corrected chi connectivity index (χ4v) is 4.59. The van der Waals surface area contributed by atoms with E-state index >= 15 is 0 Å². The topological polar surface area (TPSA) is 97.6 Å². The molecule has 2 fully saturated rings. The number of carbonyl (C=O) groups excluding carboxylic acids is 1. The van der Waals surface area contributed by atoms with Crippen molar-refractivity contribution >= 4 is 21.4 Å². The van der Waals surface area contributed by atoms with Crippen LogP contribution >= 0.6 is 0 Å². The number of amides is 1. The van der Waals surface area contributed by atoms with Crippen LogP contribution in [0.1, 0.15) is 29.6 Å². The molecule has 1 saturated carbocycles. The normalized spacial score (nSPS) is 23.2. The quantitative estimate of drug-likeness (QED) is 0.615. The summed E-state index contributed by atoms with van der Waals surface area (Å²) >= 11 is 0. The molecular weight excluding hydrogens is 308 g/mol. The zero-order valence-corrected chi connectivity index (χ0v) is 12.7. The highest BCUT2D eigenvalue weighted by atomic mass is 32.2. The van der Waals surface area contributed by atoms with Crippen LogP contribution in [0.2, 0.25) is 0 Å². The Kier molecular flexibility index (Phi) is 3.64. The third kappa shape index (κ3) is 2.96. The Morgan fingerprint density at radius 3 is 2.50 bits per heavy atom. The van der Waals surface area contributed by atoms with Crippen LogP contribution in [-0.2, 0) is 9.84 Å². The molecule has 1 aliphatic heterocycles. The second kappa shape index (κ2) is 5.35. The van der Waals surface area contributed by atoms with Gasteiger partial charge in [0.15, 0.2) is 9.84 Å². The summed E-state index contributed by atoms with van der Waals surface area (Å²) in [6, 6.07) is 5.34. The minimum absolute atomic E-state index is 0.00976. The summed E-state index contributed by atoms with van der Waals surface area (Å²) < 4.78 is 23.3. The van der Waals surface area contributed by atoms with Gasteiger partial charge in [-0.3, -0.25) is 14.9 Å². The fourth-order valence-electron chi connectivity index (χ4n) is 2.88. The standard InChI is InChI=1S/C14H16N2O5S/c17-14(10-2-1-3-12(8-10)16(18)19)15(11-4-5-11)13-6-7-22(20,21)9-13/h1-3,8,11,13H,4-7,9H2/t13-/m0/s1. The maximum absolute atomic E-state index is 12.7. The number of sulfone groups is 1. The number of hydrogen-bond acceptors (Lipinski definition) is 5. The van der Waals surface area contributed by atoms with Crippen LogP contribution in [0.4, 0.5) is 5.69 Å². The van der Waals surface area contributed by atoms with E-state index in [0.29, 0.717) is 6.42 Å². The van der Waals surface area contributed by atoms with Crippen LogP contribution < -0.4 is 0 Å². The Balaban J connectivity index is 1.87. The van der Waals surface area contributed by atoms with E-state index < -0.39 is 14.8 Å². The van der Waals surface area contributed by atoms with E-state index in [-0.39, 0.29) is 40.7 Å². The van der Waals surface area contributed by atoms with Gasteiger partial charge in [-0.2, -0.15) is 0 Å². The van der Waals surface area contributed by atoms with Crippen molar-refractivity contribution in [2.45, 2.75) is 31.3 Å². The van der Waals surface area contributed by atoms with E-state index in [4.69, 9.17) is 0 Å². The van der Waals surface area contributed by atoms with E-state index in [1.54, 1.807) is 4.90 Å². The van der Waals surface area contributed by atoms with E-state index in [0.717, 1.165) is 12.8 Å². The van der Waals surface area contributed by atoms with Gasteiger partial charge in [0, 0.05) is 29.8 Å². The van der Waals surface area contributed by atoms with Crippen molar-refractivity contribution in [2.75, 3.05) is 11.5 Å². The third-order valence-electron chi connectivity index (χ3n) is 4.08. The predicted octanol–water partition coefficient (Wildman–Crippen LogP) is 1.39. The lowest BCUT2D eigenvalue weighted by molar-refractivity contribution is -0.384. The smallest absolute Gasteiger partial charge is 0.270 e. The predicted molar refractivity (Wildman–Crippen MR) is 79.3 cm³/mol. The molecule has 1 atom stereocenters. The molecule has 1 saturated heterocycles. The average molecular weight is 324 g/mol. The first-order valence-electron chi connectivity index (χ1n) is 7.15. The SMILES string of the molecule is O=C(c1cccc([N+](=O)[O-])c1)N(C1CC1)[C@H]1CCS(=O)(=O)C1. The molecule has 0 spiro atoms. The van der Waals surface area contributed by atoms with Gasteiger partial charge in [0.05, 0.1) is 16.4 Å². The second-order valence-corrected chi connectivity index (χ2v) is 8.04. The van der Waals surface area contributed by atoms with Crippen molar-refractivity contribution in [3.8, 4) is 0 Å². The van der Waals surface area contributed by atoms with Crippen LogP contribution in [0.25, 0.3) is 0 Å².